The second-order valence-corrected chi connectivity index (χ2v) is 4.32. The van der Waals surface area contributed by atoms with E-state index in [0.29, 0.717) is 0 Å². The van der Waals surface area contributed by atoms with Crippen LogP contribution >= 0.6 is 0 Å². The van der Waals surface area contributed by atoms with Crippen LogP contribution in [0.3, 0.4) is 0 Å². The number of para-hydroxylation sites is 1. The lowest BCUT2D eigenvalue weighted by atomic mass is 9.94. The Hall–Kier alpha value is -2.57. The van der Waals surface area contributed by atoms with Gasteiger partial charge in [-0.1, -0.05) is 12.1 Å². The molecule has 0 aliphatic carbocycles. The van der Waals surface area contributed by atoms with E-state index in [2.05, 4.69) is 0 Å². The Morgan fingerprint density at radius 3 is 2.43 bits per heavy atom. The highest BCUT2D eigenvalue weighted by atomic mass is 16.6. The summed E-state index contributed by atoms with van der Waals surface area (Å²) in [7, 11) is 0. The molecule has 0 spiro atoms. The number of Topliss-reactive ketones (excluding diaryl/α,β-unsaturated/α-hetero) is 2. The smallest absolute Gasteiger partial charge is 0.316 e. The van der Waals surface area contributed by atoms with Crippen molar-refractivity contribution in [2.45, 2.75) is 20.3 Å². The van der Waals surface area contributed by atoms with Crippen molar-refractivity contribution in [2.75, 3.05) is 6.61 Å². The molecule has 1 unspecified atom stereocenters. The molecule has 0 bridgehead atoms. The minimum atomic E-state index is -1.24. The third kappa shape index (κ3) is 4.20. The van der Waals surface area contributed by atoms with E-state index in [0.717, 1.165) is 0 Å². The van der Waals surface area contributed by atoms with E-state index >= 15 is 0 Å². The zero-order chi connectivity index (χ0) is 16.0. The second kappa shape index (κ2) is 7.28. The van der Waals surface area contributed by atoms with Crippen LogP contribution in [0.2, 0.25) is 0 Å². The summed E-state index contributed by atoms with van der Waals surface area (Å²) in [5.41, 5.74) is -0.480. The number of benzene rings is 1. The molecule has 7 heteroatoms. The Morgan fingerprint density at radius 2 is 1.90 bits per heavy atom. The van der Waals surface area contributed by atoms with E-state index in [4.69, 9.17) is 4.74 Å². The van der Waals surface area contributed by atoms with Gasteiger partial charge in [0, 0.05) is 12.5 Å². The van der Waals surface area contributed by atoms with Crippen molar-refractivity contribution in [3.8, 4) is 0 Å². The van der Waals surface area contributed by atoms with Crippen LogP contribution in [0.4, 0.5) is 5.69 Å². The summed E-state index contributed by atoms with van der Waals surface area (Å²) < 4.78 is 4.73. The number of carbonyl (C=O) groups excluding carboxylic acids is 3. The maximum atomic E-state index is 12.1. The van der Waals surface area contributed by atoms with Crippen molar-refractivity contribution < 1.29 is 24.0 Å². The van der Waals surface area contributed by atoms with Crippen LogP contribution in [-0.4, -0.2) is 29.1 Å². The minimum Gasteiger partial charge on any atom is -0.465 e. The third-order valence-corrected chi connectivity index (χ3v) is 2.85. The third-order valence-electron chi connectivity index (χ3n) is 2.85. The number of nitro benzene ring substituents is 1. The standard InChI is InChI=1S/C14H15NO6/c1-3-21-14(18)11(9(2)16)8-13(17)10-6-4-5-7-12(10)15(19)20/h4-7,11H,3,8H2,1-2H3. The van der Waals surface area contributed by atoms with Gasteiger partial charge in [-0.25, -0.2) is 0 Å². The van der Waals surface area contributed by atoms with E-state index < -0.39 is 34.8 Å². The molecule has 112 valence electrons. The number of ether oxygens (including phenoxy) is 1. The van der Waals surface area contributed by atoms with Crippen LogP contribution in [0.1, 0.15) is 30.6 Å². The predicted molar refractivity (Wildman–Crippen MR) is 72.8 cm³/mol. The zero-order valence-corrected chi connectivity index (χ0v) is 11.7. The van der Waals surface area contributed by atoms with Gasteiger partial charge in [-0.15, -0.1) is 0 Å². The average Bonchev–Trinajstić information content (AvgIpc) is 2.44. The van der Waals surface area contributed by atoms with Gasteiger partial charge in [0.25, 0.3) is 5.69 Å². The van der Waals surface area contributed by atoms with Crippen molar-refractivity contribution in [1.82, 2.24) is 0 Å². The lowest BCUT2D eigenvalue weighted by Gasteiger charge is -2.11. The first-order valence-corrected chi connectivity index (χ1v) is 6.32. The predicted octanol–water partition coefficient (Wildman–Crippen LogP) is 1.94. The number of ketones is 2. The number of rotatable bonds is 7. The van der Waals surface area contributed by atoms with Crippen LogP contribution in [0.5, 0.6) is 0 Å². The lowest BCUT2D eigenvalue weighted by molar-refractivity contribution is -0.385. The van der Waals surface area contributed by atoms with Gasteiger partial charge in [-0.2, -0.15) is 0 Å². The Kier molecular flexibility index (Phi) is 5.71. The van der Waals surface area contributed by atoms with Crippen molar-refractivity contribution in [3.63, 3.8) is 0 Å². The summed E-state index contributed by atoms with van der Waals surface area (Å²) in [5, 5.41) is 10.9. The van der Waals surface area contributed by atoms with E-state index in [1.165, 1.54) is 31.2 Å². The highest BCUT2D eigenvalue weighted by Crippen LogP contribution is 2.21. The van der Waals surface area contributed by atoms with Gasteiger partial charge >= 0.3 is 5.97 Å². The molecule has 1 aromatic rings. The van der Waals surface area contributed by atoms with Crippen molar-refractivity contribution in [1.29, 1.82) is 0 Å². The van der Waals surface area contributed by atoms with Gasteiger partial charge in [0.05, 0.1) is 17.1 Å². The second-order valence-electron chi connectivity index (χ2n) is 4.32. The van der Waals surface area contributed by atoms with Crippen LogP contribution in [0.25, 0.3) is 0 Å². The van der Waals surface area contributed by atoms with Crippen LogP contribution in [0.15, 0.2) is 24.3 Å². The first-order chi connectivity index (χ1) is 9.88. The first kappa shape index (κ1) is 16.5. The number of carbonyl (C=O) groups is 3. The summed E-state index contributed by atoms with van der Waals surface area (Å²) in [6, 6.07) is 5.40. The van der Waals surface area contributed by atoms with Gasteiger partial charge in [-0.3, -0.25) is 24.5 Å². The SMILES string of the molecule is CCOC(=O)C(CC(=O)c1ccccc1[N+](=O)[O-])C(C)=O. The van der Waals surface area contributed by atoms with Gasteiger partial charge in [0.2, 0.25) is 0 Å². The number of hydrogen-bond acceptors (Lipinski definition) is 6. The Balaban J connectivity index is 3.01. The molecule has 1 aromatic carbocycles. The van der Waals surface area contributed by atoms with E-state index in [1.807, 2.05) is 0 Å². The summed E-state index contributed by atoms with van der Waals surface area (Å²) in [4.78, 5) is 45.4. The highest BCUT2D eigenvalue weighted by Gasteiger charge is 2.30. The molecule has 0 amide bonds. The van der Waals surface area contributed by atoms with Gasteiger partial charge in [0.1, 0.15) is 11.7 Å². The fourth-order valence-corrected chi connectivity index (χ4v) is 1.80. The quantitative estimate of drug-likeness (QED) is 0.250. The molecule has 1 rings (SSSR count). The van der Waals surface area contributed by atoms with Gasteiger partial charge < -0.3 is 4.74 Å². The molecule has 0 saturated heterocycles. The molecule has 0 N–H and O–H groups in total. The Labute approximate surface area is 121 Å². The number of nitrogens with zero attached hydrogens (tertiary/aromatic N) is 1. The molecule has 0 radical (unpaired) electrons. The maximum Gasteiger partial charge on any atom is 0.316 e. The first-order valence-electron chi connectivity index (χ1n) is 6.32. The highest BCUT2D eigenvalue weighted by molar-refractivity contribution is 6.07. The molecule has 0 aliphatic rings. The Bertz CT molecular complexity index is 581. The summed E-state index contributed by atoms with van der Waals surface area (Å²) in [5.74, 6) is -3.19. The molecule has 1 atom stereocenters. The van der Waals surface area contributed by atoms with Crippen molar-refractivity contribution >= 4 is 23.2 Å². The molecule has 0 saturated carbocycles. The average molecular weight is 293 g/mol. The van der Waals surface area contributed by atoms with E-state index in [9.17, 15) is 24.5 Å². The van der Waals surface area contributed by atoms with E-state index in [1.54, 1.807) is 6.92 Å². The normalized spacial score (nSPS) is 11.5. The number of hydrogen-bond donors (Lipinski definition) is 0. The molecule has 0 heterocycles. The summed E-state index contributed by atoms with van der Waals surface area (Å²) in [6.07, 6.45) is -0.445. The molecular weight excluding hydrogens is 278 g/mol. The van der Waals surface area contributed by atoms with Crippen molar-refractivity contribution in [3.05, 3.63) is 39.9 Å². The molecule has 21 heavy (non-hydrogen) atoms. The topological polar surface area (TPSA) is 104 Å². The number of esters is 1. The van der Waals surface area contributed by atoms with Gasteiger partial charge in [-0.05, 0) is 19.9 Å². The monoisotopic (exact) mass is 293 g/mol. The zero-order valence-electron chi connectivity index (χ0n) is 11.7. The fraction of sp³-hybridized carbons (Fsp3) is 0.357. The minimum absolute atomic E-state index is 0.0856. The van der Waals surface area contributed by atoms with Crippen molar-refractivity contribution in [2.24, 2.45) is 5.92 Å². The van der Waals surface area contributed by atoms with Crippen LogP contribution < -0.4 is 0 Å². The fourth-order valence-electron chi connectivity index (χ4n) is 1.80. The molecule has 7 nitrogen and oxygen atoms in total. The molecular formula is C14H15NO6. The van der Waals surface area contributed by atoms with Gasteiger partial charge in [0.15, 0.2) is 5.78 Å². The Morgan fingerprint density at radius 1 is 1.29 bits per heavy atom. The largest absolute Gasteiger partial charge is 0.465 e. The van der Waals surface area contributed by atoms with E-state index in [-0.39, 0.29) is 17.9 Å². The molecule has 0 fully saturated rings. The molecule has 0 aliphatic heterocycles. The summed E-state index contributed by atoms with van der Waals surface area (Å²) >= 11 is 0. The molecule has 0 aromatic heterocycles. The number of nitro groups is 1. The van der Waals surface area contributed by atoms with Crippen LogP contribution in [0, 0.1) is 16.0 Å². The maximum absolute atomic E-state index is 12.1. The van der Waals surface area contributed by atoms with Crippen LogP contribution in [-0.2, 0) is 14.3 Å². The summed E-state index contributed by atoms with van der Waals surface area (Å²) in [6.45, 7) is 2.84. The lowest BCUT2D eigenvalue weighted by Crippen LogP contribution is -2.27.